The summed E-state index contributed by atoms with van der Waals surface area (Å²) in [5, 5.41) is 21.2. The molecule has 1 saturated carbocycles. The number of nitrogens with zero attached hydrogens (tertiary/aromatic N) is 3. The van der Waals surface area contributed by atoms with Crippen molar-refractivity contribution in [3.05, 3.63) is 100 Å². The fourth-order valence-corrected chi connectivity index (χ4v) is 6.52. The van der Waals surface area contributed by atoms with Crippen LogP contribution < -0.4 is 26.0 Å². The molecule has 1 fully saturated rings. The fraction of sp³-hybridized carbons (Fsp3) is 0.342. The number of Topliss-reactive ketones (excluding diaryl/α,β-unsaturated/α-hetero) is 1. The lowest BCUT2D eigenvalue weighted by Gasteiger charge is -2.19. The van der Waals surface area contributed by atoms with Crippen LogP contribution >= 0.6 is 11.6 Å². The van der Waals surface area contributed by atoms with Crippen LogP contribution in [0, 0.1) is 0 Å². The number of rotatable bonds is 17. The predicted octanol–water partition coefficient (Wildman–Crippen LogP) is 6.08. The lowest BCUT2D eigenvalue weighted by atomic mass is 9.95. The first-order chi connectivity index (χ1) is 26.3. The van der Waals surface area contributed by atoms with Crippen molar-refractivity contribution in [3.63, 3.8) is 0 Å². The minimum absolute atomic E-state index is 0.0337. The van der Waals surface area contributed by atoms with Crippen LogP contribution in [-0.4, -0.2) is 69.0 Å². The van der Waals surface area contributed by atoms with Gasteiger partial charge in [-0.25, -0.2) is 4.79 Å². The molecule has 0 spiro atoms. The van der Waals surface area contributed by atoms with Gasteiger partial charge in [-0.05, 0) is 97.5 Å². The van der Waals surface area contributed by atoms with Crippen molar-refractivity contribution in [1.82, 2.24) is 25.6 Å². The largest absolute Gasteiger partial charge is 0.480 e. The average Bonchev–Trinajstić information content (AvgIpc) is 3.81. The van der Waals surface area contributed by atoms with E-state index in [1.807, 2.05) is 30.3 Å². The number of ether oxygens (including phenoxy) is 1. The molecule has 2 atom stereocenters. The standard InChI is InChI=1S/C38H37ClF3N7O6/c39-26-12-10-25(11-13-26)37(18-19-37)49-35-46-34(47-36(48-35)55-21-38(40,41)42)44-27-14-7-24(8-15-27)31(51)45-29(33(53)54)17-20-43-32(52)30(50)16-9-23-6-5-22-3-1-2-4-28(22)23/h1-4,7-8,10-15,23,29H,5-6,9,16-21H2,(H,43,52)(H,45,51)(H,53,54)(H2,44,46,47,48,49)/t23?,29-/m0/s1. The summed E-state index contributed by atoms with van der Waals surface area (Å²) in [4.78, 5) is 62.1. The molecule has 55 heavy (non-hydrogen) atoms. The molecule has 5 N–H and O–H groups in total. The summed E-state index contributed by atoms with van der Waals surface area (Å²) in [5.41, 5.74) is 3.23. The molecule has 2 aliphatic carbocycles. The quantitative estimate of drug-likeness (QED) is 0.0783. The number of carbonyl (C=O) groups excluding carboxylic acids is 3. The number of aromatic nitrogens is 3. The van der Waals surface area contributed by atoms with Crippen LogP contribution in [-0.2, 0) is 26.3 Å². The SMILES string of the molecule is O=C(CCC1CCc2ccccc21)C(=O)NCC[C@H](NC(=O)c1ccc(Nc2nc(NC3(c4ccc(Cl)cc4)CC3)nc(OCC(F)(F)F)n2)cc1)C(=O)O. The Bertz CT molecular complexity index is 2050. The molecule has 6 rings (SSSR count). The van der Waals surface area contributed by atoms with E-state index >= 15 is 0 Å². The predicted molar refractivity (Wildman–Crippen MR) is 195 cm³/mol. The number of carboxylic acids is 1. The van der Waals surface area contributed by atoms with Crippen LogP contribution in [0.3, 0.4) is 0 Å². The molecule has 1 aromatic heterocycles. The minimum atomic E-state index is -4.64. The Morgan fingerprint density at radius 2 is 1.65 bits per heavy atom. The van der Waals surface area contributed by atoms with Crippen LogP contribution in [0.4, 0.5) is 30.8 Å². The second-order valence-corrected chi connectivity index (χ2v) is 13.8. The van der Waals surface area contributed by atoms with Gasteiger partial charge in [-0.15, -0.1) is 0 Å². The molecule has 0 radical (unpaired) electrons. The monoisotopic (exact) mass is 779 g/mol. The molecule has 4 aromatic rings. The van der Waals surface area contributed by atoms with Gasteiger partial charge in [0, 0.05) is 29.2 Å². The van der Waals surface area contributed by atoms with Gasteiger partial charge in [0.2, 0.25) is 17.7 Å². The van der Waals surface area contributed by atoms with Gasteiger partial charge in [0.25, 0.3) is 11.8 Å². The number of carboxylic acid groups (broad SMARTS) is 1. The van der Waals surface area contributed by atoms with E-state index < -0.39 is 53.9 Å². The Kier molecular flexibility index (Phi) is 11.8. The Morgan fingerprint density at radius 3 is 2.35 bits per heavy atom. The van der Waals surface area contributed by atoms with Gasteiger partial charge in [0.05, 0.1) is 5.54 Å². The van der Waals surface area contributed by atoms with Crippen molar-refractivity contribution < 1.29 is 42.2 Å². The normalized spacial score (nSPS) is 16.0. The molecular formula is C38H37ClF3N7O6. The van der Waals surface area contributed by atoms with Gasteiger partial charge in [-0.3, -0.25) is 14.4 Å². The number of aryl methyl sites for hydroxylation is 1. The van der Waals surface area contributed by atoms with Crippen LogP contribution in [0.15, 0.2) is 72.8 Å². The van der Waals surface area contributed by atoms with Crippen LogP contribution in [0.1, 0.15) is 71.5 Å². The molecule has 1 unspecified atom stereocenters. The van der Waals surface area contributed by atoms with Crippen molar-refractivity contribution in [2.24, 2.45) is 0 Å². The smallest absolute Gasteiger partial charge is 0.422 e. The molecule has 288 valence electrons. The van der Waals surface area contributed by atoms with E-state index in [2.05, 4.69) is 42.3 Å². The third kappa shape index (κ3) is 10.5. The summed E-state index contributed by atoms with van der Waals surface area (Å²) in [7, 11) is 0. The second kappa shape index (κ2) is 16.7. The van der Waals surface area contributed by atoms with E-state index in [0.717, 1.165) is 18.4 Å². The number of amides is 2. The number of aliphatic carboxylic acids is 1. The van der Waals surface area contributed by atoms with Gasteiger partial charge in [0.15, 0.2) is 6.61 Å². The number of fused-ring (bicyclic) bond motifs is 1. The number of carbonyl (C=O) groups is 4. The molecule has 17 heteroatoms. The summed E-state index contributed by atoms with van der Waals surface area (Å²) in [6, 6.07) is 18.9. The van der Waals surface area contributed by atoms with Crippen molar-refractivity contribution in [2.45, 2.75) is 68.6 Å². The van der Waals surface area contributed by atoms with Crippen molar-refractivity contribution in [3.8, 4) is 6.01 Å². The number of hydrogen-bond donors (Lipinski definition) is 5. The number of benzene rings is 3. The third-order valence-corrected chi connectivity index (χ3v) is 9.69. The first-order valence-corrected chi connectivity index (χ1v) is 17.9. The lowest BCUT2D eigenvalue weighted by molar-refractivity contribution is -0.154. The number of nitrogens with one attached hydrogen (secondary N) is 4. The van der Waals surface area contributed by atoms with Gasteiger partial charge in [-0.2, -0.15) is 28.1 Å². The molecule has 13 nitrogen and oxygen atoms in total. The van der Waals surface area contributed by atoms with E-state index in [-0.39, 0.29) is 42.8 Å². The fourth-order valence-electron chi connectivity index (χ4n) is 6.40. The molecule has 0 aliphatic heterocycles. The van der Waals surface area contributed by atoms with Gasteiger partial charge in [0.1, 0.15) is 6.04 Å². The highest BCUT2D eigenvalue weighted by Crippen LogP contribution is 2.48. The summed E-state index contributed by atoms with van der Waals surface area (Å²) < 4.78 is 43.7. The van der Waals surface area contributed by atoms with E-state index in [0.29, 0.717) is 30.0 Å². The number of alkyl halides is 3. The molecule has 3 aromatic carbocycles. The summed E-state index contributed by atoms with van der Waals surface area (Å²) in [6.45, 7) is -1.78. The van der Waals surface area contributed by atoms with Gasteiger partial charge < -0.3 is 31.1 Å². The first kappa shape index (κ1) is 38.9. The van der Waals surface area contributed by atoms with Crippen molar-refractivity contribution in [1.29, 1.82) is 0 Å². The number of halogens is 4. The van der Waals surface area contributed by atoms with Gasteiger partial charge in [-0.1, -0.05) is 48.0 Å². The van der Waals surface area contributed by atoms with E-state index in [1.165, 1.54) is 35.4 Å². The molecule has 0 bridgehead atoms. The molecule has 2 amide bonds. The molecule has 2 aliphatic rings. The first-order valence-electron chi connectivity index (χ1n) is 17.6. The second-order valence-electron chi connectivity index (χ2n) is 13.4. The number of ketones is 1. The third-order valence-electron chi connectivity index (χ3n) is 9.43. The average molecular weight is 780 g/mol. The highest BCUT2D eigenvalue weighted by atomic mass is 35.5. The topological polar surface area (TPSA) is 185 Å². The molecule has 1 heterocycles. The maximum Gasteiger partial charge on any atom is 0.422 e. The van der Waals surface area contributed by atoms with Gasteiger partial charge >= 0.3 is 18.2 Å². The maximum absolute atomic E-state index is 13.0. The van der Waals surface area contributed by atoms with Crippen LogP contribution in [0.2, 0.25) is 5.02 Å². The Morgan fingerprint density at radius 1 is 0.945 bits per heavy atom. The molecule has 0 saturated heterocycles. The van der Waals surface area contributed by atoms with Crippen molar-refractivity contribution >= 4 is 52.8 Å². The Labute approximate surface area is 318 Å². The zero-order valence-electron chi connectivity index (χ0n) is 29.3. The van der Waals surface area contributed by atoms with Crippen LogP contribution in [0.25, 0.3) is 0 Å². The Hall–Kier alpha value is -5.77. The lowest BCUT2D eigenvalue weighted by Crippen LogP contribution is -2.43. The summed E-state index contributed by atoms with van der Waals surface area (Å²) in [6.07, 6.45) is -0.934. The number of anilines is 3. The maximum atomic E-state index is 13.0. The van der Waals surface area contributed by atoms with Crippen molar-refractivity contribution in [2.75, 3.05) is 23.8 Å². The highest BCUT2D eigenvalue weighted by molar-refractivity contribution is 6.36. The Balaban J connectivity index is 1.02. The summed E-state index contributed by atoms with van der Waals surface area (Å²) in [5.74, 6) is -3.41. The minimum Gasteiger partial charge on any atom is -0.480 e. The van der Waals surface area contributed by atoms with E-state index in [4.69, 9.17) is 16.3 Å². The van der Waals surface area contributed by atoms with E-state index in [1.54, 1.807) is 12.1 Å². The summed E-state index contributed by atoms with van der Waals surface area (Å²) >= 11 is 6.03. The highest BCUT2D eigenvalue weighted by Gasteiger charge is 2.45. The van der Waals surface area contributed by atoms with Crippen LogP contribution in [0.5, 0.6) is 6.01 Å². The zero-order chi connectivity index (χ0) is 39.2. The number of hydrogen-bond acceptors (Lipinski definition) is 10. The zero-order valence-corrected chi connectivity index (χ0v) is 30.0. The molecular weight excluding hydrogens is 743 g/mol. The van der Waals surface area contributed by atoms with E-state index in [9.17, 15) is 37.5 Å².